The van der Waals surface area contributed by atoms with Gasteiger partial charge in [0.25, 0.3) is 11.7 Å². The van der Waals surface area contributed by atoms with Crippen LogP contribution < -0.4 is 9.47 Å². The van der Waals surface area contributed by atoms with E-state index in [0.717, 1.165) is 24.2 Å². The first kappa shape index (κ1) is 23.7. The molecule has 1 unspecified atom stereocenters. The molecule has 0 aromatic heterocycles. The number of hydrogen-bond acceptors (Lipinski definition) is 5. The van der Waals surface area contributed by atoms with Crippen molar-refractivity contribution in [2.45, 2.75) is 39.2 Å². The Kier molecular flexibility index (Phi) is 7.80. The summed E-state index contributed by atoms with van der Waals surface area (Å²) in [6.45, 7) is 5.05. The number of amides is 1. The number of carbonyl (C=O) groups excluding carboxylic acids is 2. The second-order valence-corrected chi connectivity index (χ2v) is 8.02. The topological polar surface area (TPSA) is 76.1 Å². The summed E-state index contributed by atoms with van der Waals surface area (Å²) in [7, 11) is 1.49. The van der Waals surface area contributed by atoms with Gasteiger partial charge in [-0.2, -0.15) is 0 Å². The molecule has 1 amide bonds. The fourth-order valence-corrected chi connectivity index (χ4v) is 4.01. The number of unbranched alkanes of at least 4 members (excludes halogenated alkanes) is 1. The van der Waals surface area contributed by atoms with E-state index < -0.39 is 17.7 Å². The van der Waals surface area contributed by atoms with E-state index in [4.69, 9.17) is 21.1 Å². The van der Waals surface area contributed by atoms with Gasteiger partial charge in [0.05, 0.1) is 30.4 Å². The highest BCUT2D eigenvalue weighted by Crippen LogP contribution is 2.40. The van der Waals surface area contributed by atoms with Gasteiger partial charge in [-0.15, -0.1) is 0 Å². The third-order valence-electron chi connectivity index (χ3n) is 5.39. The van der Waals surface area contributed by atoms with Crippen LogP contribution >= 0.6 is 11.6 Å². The van der Waals surface area contributed by atoms with Gasteiger partial charge in [-0.25, -0.2) is 0 Å². The minimum atomic E-state index is -0.712. The summed E-state index contributed by atoms with van der Waals surface area (Å²) >= 11 is 6.21. The van der Waals surface area contributed by atoms with Gasteiger partial charge in [-0.1, -0.05) is 44.0 Å². The third kappa shape index (κ3) is 4.75. The second kappa shape index (κ2) is 10.6. The summed E-state index contributed by atoms with van der Waals surface area (Å²) in [5.74, 6) is -0.432. The molecule has 1 N–H and O–H groups in total. The summed E-state index contributed by atoms with van der Waals surface area (Å²) in [6, 6.07) is 11.3. The van der Waals surface area contributed by atoms with Crippen LogP contribution in [0.2, 0.25) is 5.02 Å². The van der Waals surface area contributed by atoms with Crippen molar-refractivity contribution in [1.82, 2.24) is 4.90 Å². The lowest BCUT2D eigenvalue weighted by atomic mass is 9.95. The number of methoxy groups -OCH3 is 1. The van der Waals surface area contributed by atoms with Gasteiger partial charge in [0.2, 0.25) is 0 Å². The molecule has 6 nitrogen and oxygen atoms in total. The van der Waals surface area contributed by atoms with E-state index in [1.807, 2.05) is 31.2 Å². The number of likely N-dealkylation sites (tertiary alicyclic amines) is 1. The molecule has 1 aliphatic rings. The lowest BCUT2D eigenvalue weighted by molar-refractivity contribution is -0.139. The van der Waals surface area contributed by atoms with Crippen LogP contribution in [-0.2, 0) is 9.59 Å². The van der Waals surface area contributed by atoms with Crippen molar-refractivity contribution in [3.8, 4) is 11.5 Å². The normalized spacial score (nSPS) is 17.6. The Labute approximate surface area is 193 Å². The van der Waals surface area contributed by atoms with Crippen LogP contribution in [0.3, 0.4) is 0 Å². The molecule has 1 fully saturated rings. The van der Waals surface area contributed by atoms with E-state index in [-0.39, 0.29) is 11.3 Å². The minimum absolute atomic E-state index is 0.0457. The first-order valence-electron chi connectivity index (χ1n) is 10.8. The van der Waals surface area contributed by atoms with Crippen LogP contribution in [0.4, 0.5) is 0 Å². The molecule has 0 bridgehead atoms. The number of aliphatic hydroxyl groups excluding tert-OH is 1. The number of ether oxygens (including phenoxy) is 2. The summed E-state index contributed by atoms with van der Waals surface area (Å²) in [5.41, 5.74) is 1.11. The third-order valence-corrected chi connectivity index (χ3v) is 5.69. The highest BCUT2D eigenvalue weighted by molar-refractivity contribution is 6.46. The zero-order valence-electron chi connectivity index (χ0n) is 18.6. The van der Waals surface area contributed by atoms with Gasteiger partial charge in [-0.3, -0.25) is 9.59 Å². The molecule has 170 valence electrons. The Morgan fingerprint density at radius 2 is 1.81 bits per heavy atom. The Balaban J connectivity index is 2.04. The van der Waals surface area contributed by atoms with Gasteiger partial charge in [0.15, 0.2) is 0 Å². The first-order valence-corrected chi connectivity index (χ1v) is 11.2. The van der Waals surface area contributed by atoms with E-state index in [1.54, 1.807) is 12.1 Å². The molecule has 1 atom stereocenters. The van der Waals surface area contributed by atoms with Crippen molar-refractivity contribution in [3.05, 3.63) is 64.2 Å². The van der Waals surface area contributed by atoms with Gasteiger partial charge < -0.3 is 19.5 Å². The van der Waals surface area contributed by atoms with Crippen molar-refractivity contribution in [1.29, 1.82) is 0 Å². The molecule has 0 spiro atoms. The highest BCUT2D eigenvalue weighted by atomic mass is 35.5. The van der Waals surface area contributed by atoms with Gasteiger partial charge in [0, 0.05) is 12.1 Å². The van der Waals surface area contributed by atoms with Crippen LogP contribution in [0.25, 0.3) is 5.76 Å². The molecule has 2 aromatic rings. The average molecular weight is 458 g/mol. The zero-order chi connectivity index (χ0) is 23.3. The molecule has 0 aliphatic carbocycles. The van der Waals surface area contributed by atoms with Crippen molar-refractivity contribution in [3.63, 3.8) is 0 Å². The number of Topliss-reactive ketones (excluding diaryl/α,β-unsaturated/α-hetero) is 1. The summed E-state index contributed by atoms with van der Waals surface area (Å²) in [4.78, 5) is 27.2. The number of nitrogens with zero attached hydrogens (tertiary/aromatic N) is 1. The number of ketones is 1. The predicted molar refractivity (Wildman–Crippen MR) is 124 cm³/mol. The number of hydrogen-bond donors (Lipinski definition) is 1. The first-order chi connectivity index (χ1) is 15.4. The van der Waals surface area contributed by atoms with Crippen molar-refractivity contribution >= 4 is 29.1 Å². The maximum absolute atomic E-state index is 12.9. The zero-order valence-corrected chi connectivity index (χ0v) is 19.3. The molecule has 1 aliphatic heterocycles. The Hall–Kier alpha value is -2.99. The van der Waals surface area contributed by atoms with E-state index in [1.165, 1.54) is 18.1 Å². The van der Waals surface area contributed by atoms with Crippen LogP contribution in [0, 0.1) is 0 Å². The quantitative estimate of drug-likeness (QED) is 0.237. The summed E-state index contributed by atoms with van der Waals surface area (Å²) in [5, 5.41) is 11.4. The minimum Gasteiger partial charge on any atom is -0.507 e. The van der Waals surface area contributed by atoms with Gasteiger partial charge in [-0.05, 0) is 48.7 Å². The van der Waals surface area contributed by atoms with Gasteiger partial charge in [0.1, 0.15) is 17.3 Å². The lowest BCUT2D eigenvalue weighted by Gasteiger charge is -2.25. The number of halogens is 1. The number of rotatable bonds is 9. The number of carbonyl (C=O) groups is 2. The van der Waals surface area contributed by atoms with E-state index in [2.05, 4.69) is 6.92 Å². The lowest BCUT2D eigenvalue weighted by Crippen LogP contribution is -2.30. The van der Waals surface area contributed by atoms with Gasteiger partial charge >= 0.3 is 0 Å². The standard InChI is InChI=1S/C25H28ClNO5/c1-4-6-14-32-18-10-7-16(8-11-18)22-21(24(29)25(30)27(22)13-5-2)23(28)17-9-12-20(31-3)19(26)15-17/h7-12,15,22,28H,4-6,13-14H2,1-3H3/b23-21-. The van der Waals surface area contributed by atoms with Crippen LogP contribution in [-0.4, -0.2) is 42.0 Å². The molecule has 7 heteroatoms. The predicted octanol–water partition coefficient (Wildman–Crippen LogP) is 5.36. The SMILES string of the molecule is CCCCOc1ccc(C2/C(=C(/O)c3ccc(OC)c(Cl)c3)C(=O)C(=O)N2CCC)cc1. The molecule has 1 heterocycles. The van der Waals surface area contributed by atoms with E-state index >= 15 is 0 Å². The smallest absolute Gasteiger partial charge is 0.295 e. The van der Waals surface area contributed by atoms with Crippen LogP contribution in [0.15, 0.2) is 48.0 Å². The maximum Gasteiger partial charge on any atom is 0.295 e. The molecule has 1 saturated heterocycles. The fraction of sp³-hybridized carbons (Fsp3) is 0.360. The molecule has 2 aromatic carbocycles. The molecule has 32 heavy (non-hydrogen) atoms. The Morgan fingerprint density at radius 3 is 2.41 bits per heavy atom. The fourth-order valence-electron chi connectivity index (χ4n) is 3.75. The number of aliphatic hydroxyl groups is 1. The van der Waals surface area contributed by atoms with Crippen molar-refractivity contribution in [2.24, 2.45) is 0 Å². The molecular weight excluding hydrogens is 430 g/mol. The Bertz CT molecular complexity index is 1020. The largest absolute Gasteiger partial charge is 0.507 e. The number of benzene rings is 2. The second-order valence-electron chi connectivity index (χ2n) is 7.61. The monoisotopic (exact) mass is 457 g/mol. The van der Waals surface area contributed by atoms with E-state index in [0.29, 0.717) is 35.9 Å². The summed E-state index contributed by atoms with van der Waals surface area (Å²) in [6.07, 6.45) is 2.68. The maximum atomic E-state index is 12.9. The Morgan fingerprint density at radius 1 is 1.09 bits per heavy atom. The average Bonchev–Trinajstić information content (AvgIpc) is 3.04. The van der Waals surface area contributed by atoms with Crippen molar-refractivity contribution in [2.75, 3.05) is 20.3 Å². The van der Waals surface area contributed by atoms with E-state index in [9.17, 15) is 14.7 Å². The van der Waals surface area contributed by atoms with Crippen LogP contribution in [0.5, 0.6) is 11.5 Å². The molecule has 3 rings (SSSR count). The van der Waals surface area contributed by atoms with Crippen LogP contribution in [0.1, 0.15) is 50.3 Å². The summed E-state index contributed by atoms with van der Waals surface area (Å²) < 4.78 is 10.9. The molecule has 0 radical (unpaired) electrons. The van der Waals surface area contributed by atoms with Crippen molar-refractivity contribution < 1.29 is 24.2 Å². The highest BCUT2D eigenvalue weighted by Gasteiger charge is 2.45. The molecule has 0 saturated carbocycles. The molecular formula is C25H28ClNO5.